The van der Waals surface area contributed by atoms with Gasteiger partial charge >= 0.3 is 0 Å². The number of nitrogens with one attached hydrogen (secondary N) is 1. The zero-order chi connectivity index (χ0) is 9.68. The van der Waals surface area contributed by atoms with Crippen molar-refractivity contribution in [2.24, 2.45) is 0 Å². The van der Waals surface area contributed by atoms with Crippen LogP contribution in [-0.4, -0.2) is 37.1 Å². The molecule has 0 aromatic heterocycles. The highest BCUT2D eigenvalue weighted by atomic mass is 15.2. The van der Waals surface area contributed by atoms with E-state index in [9.17, 15) is 0 Å². The van der Waals surface area contributed by atoms with Crippen LogP contribution in [0, 0.1) is 11.3 Å². The van der Waals surface area contributed by atoms with Gasteiger partial charge in [0, 0.05) is 18.6 Å². The minimum absolute atomic E-state index is 0.382. The Labute approximate surface area is 80.7 Å². The summed E-state index contributed by atoms with van der Waals surface area (Å²) >= 11 is 0. The number of rotatable bonds is 4. The Hall–Kier alpha value is -0.590. The normalized spacial score (nSPS) is 24.6. The SMILES string of the molecule is CC(CC#N)N(C)CC1CCCN1. The van der Waals surface area contributed by atoms with Crippen molar-refractivity contribution < 1.29 is 0 Å². The first-order valence-corrected chi connectivity index (χ1v) is 5.04. The van der Waals surface area contributed by atoms with Crippen molar-refractivity contribution in [1.82, 2.24) is 10.2 Å². The van der Waals surface area contributed by atoms with E-state index in [0.29, 0.717) is 18.5 Å². The third-order valence-corrected chi connectivity index (χ3v) is 2.81. The molecule has 0 saturated carbocycles. The van der Waals surface area contributed by atoms with Gasteiger partial charge in [-0.3, -0.25) is 0 Å². The average molecular weight is 181 g/mol. The predicted octanol–water partition coefficient (Wildman–Crippen LogP) is 0.972. The molecule has 0 spiro atoms. The van der Waals surface area contributed by atoms with Crippen molar-refractivity contribution in [1.29, 1.82) is 5.26 Å². The summed E-state index contributed by atoms with van der Waals surface area (Å²) in [4.78, 5) is 2.27. The second kappa shape index (κ2) is 5.21. The van der Waals surface area contributed by atoms with Gasteiger partial charge < -0.3 is 10.2 Å². The van der Waals surface area contributed by atoms with Crippen LogP contribution in [0.1, 0.15) is 26.2 Å². The molecule has 1 aliphatic rings. The van der Waals surface area contributed by atoms with Crippen LogP contribution in [0.3, 0.4) is 0 Å². The zero-order valence-electron chi connectivity index (χ0n) is 8.58. The van der Waals surface area contributed by atoms with Crippen LogP contribution in [0.2, 0.25) is 0 Å². The predicted molar refractivity (Wildman–Crippen MR) is 53.3 cm³/mol. The molecule has 0 aromatic rings. The van der Waals surface area contributed by atoms with Gasteiger partial charge in [0.25, 0.3) is 0 Å². The fraction of sp³-hybridized carbons (Fsp3) is 0.900. The Kier molecular flexibility index (Phi) is 4.20. The summed E-state index contributed by atoms with van der Waals surface area (Å²) in [5, 5.41) is 12.0. The third kappa shape index (κ3) is 3.33. The molecule has 1 saturated heterocycles. The standard InChI is InChI=1S/C10H19N3/c1-9(5-6-11)13(2)8-10-4-3-7-12-10/h9-10,12H,3-5,7-8H2,1-2H3. The maximum absolute atomic E-state index is 8.55. The summed E-state index contributed by atoms with van der Waals surface area (Å²) in [6, 6.07) is 3.24. The number of likely N-dealkylation sites (N-methyl/N-ethyl adjacent to an activating group) is 1. The van der Waals surface area contributed by atoms with E-state index in [1.54, 1.807) is 0 Å². The molecule has 0 amide bonds. The molecular formula is C10H19N3. The quantitative estimate of drug-likeness (QED) is 0.702. The molecule has 1 fully saturated rings. The van der Waals surface area contributed by atoms with Crippen LogP contribution in [-0.2, 0) is 0 Å². The highest BCUT2D eigenvalue weighted by Crippen LogP contribution is 2.08. The van der Waals surface area contributed by atoms with Crippen LogP contribution in [0.25, 0.3) is 0 Å². The molecule has 0 aliphatic carbocycles. The van der Waals surface area contributed by atoms with E-state index in [1.165, 1.54) is 12.8 Å². The molecule has 1 rings (SSSR count). The minimum atomic E-state index is 0.382. The van der Waals surface area contributed by atoms with Gasteiger partial charge in [-0.15, -0.1) is 0 Å². The lowest BCUT2D eigenvalue weighted by atomic mass is 10.1. The highest BCUT2D eigenvalue weighted by Gasteiger charge is 2.18. The maximum atomic E-state index is 8.55. The van der Waals surface area contributed by atoms with Crippen LogP contribution >= 0.6 is 0 Å². The van der Waals surface area contributed by atoms with E-state index in [0.717, 1.165) is 13.1 Å². The van der Waals surface area contributed by atoms with E-state index in [-0.39, 0.29) is 0 Å². The summed E-state index contributed by atoms with van der Waals surface area (Å²) < 4.78 is 0. The number of hydrogen-bond acceptors (Lipinski definition) is 3. The topological polar surface area (TPSA) is 39.1 Å². The Balaban J connectivity index is 2.23. The lowest BCUT2D eigenvalue weighted by molar-refractivity contribution is 0.238. The summed E-state index contributed by atoms with van der Waals surface area (Å²) in [5.74, 6) is 0. The highest BCUT2D eigenvalue weighted by molar-refractivity contribution is 4.82. The summed E-state index contributed by atoms with van der Waals surface area (Å²) in [6.45, 7) is 4.34. The molecule has 0 aromatic carbocycles. The molecule has 1 aliphatic heterocycles. The van der Waals surface area contributed by atoms with Crippen molar-refractivity contribution >= 4 is 0 Å². The monoisotopic (exact) mass is 181 g/mol. The van der Waals surface area contributed by atoms with Crippen molar-refractivity contribution in [3.8, 4) is 6.07 Å². The zero-order valence-corrected chi connectivity index (χ0v) is 8.58. The summed E-state index contributed by atoms with van der Waals surface area (Å²) in [6.07, 6.45) is 3.21. The molecular weight excluding hydrogens is 162 g/mol. The smallest absolute Gasteiger partial charge is 0.0638 e. The van der Waals surface area contributed by atoms with Crippen molar-refractivity contribution in [3.63, 3.8) is 0 Å². The van der Waals surface area contributed by atoms with Crippen LogP contribution < -0.4 is 5.32 Å². The van der Waals surface area contributed by atoms with E-state index >= 15 is 0 Å². The fourth-order valence-corrected chi connectivity index (χ4v) is 1.73. The van der Waals surface area contributed by atoms with Gasteiger partial charge in [0.2, 0.25) is 0 Å². The molecule has 2 atom stereocenters. The maximum Gasteiger partial charge on any atom is 0.0638 e. The molecule has 2 unspecified atom stereocenters. The van der Waals surface area contributed by atoms with E-state index in [4.69, 9.17) is 5.26 Å². The first kappa shape index (κ1) is 10.5. The Morgan fingerprint density at radius 3 is 3.00 bits per heavy atom. The van der Waals surface area contributed by atoms with Crippen molar-refractivity contribution in [2.45, 2.75) is 38.3 Å². The van der Waals surface area contributed by atoms with Crippen LogP contribution in [0.4, 0.5) is 0 Å². The van der Waals surface area contributed by atoms with Crippen LogP contribution in [0.5, 0.6) is 0 Å². The van der Waals surface area contributed by atoms with Gasteiger partial charge in [0.05, 0.1) is 12.5 Å². The van der Waals surface area contributed by atoms with Crippen molar-refractivity contribution in [3.05, 3.63) is 0 Å². The molecule has 0 radical (unpaired) electrons. The molecule has 3 nitrogen and oxygen atoms in total. The summed E-state index contributed by atoms with van der Waals surface area (Å²) in [5.41, 5.74) is 0. The number of nitriles is 1. The lowest BCUT2D eigenvalue weighted by Gasteiger charge is -2.25. The second-order valence-electron chi connectivity index (χ2n) is 3.94. The van der Waals surface area contributed by atoms with E-state index in [1.807, 2.05) is 0 Å². The minimum Gasteiger partial charge on any atom is -0.313 e. The largest absolute Gasteiger partial charge is 0.313 e. The third-order valence-electron chi connectivity index (χ3n) is 2.81. The molecule has 3 heteroatoms. The fourth-order valence-electron chi connectivity index (χ4n) is 1.73. The first-order chi connectivity index (χ1) is 6.24. The lowest BCUT2D eigenvalue weighted by Crippen LogP contribution is -2.39. The van der Waals surface area contributed by atoms with Gasteiger partial charge in [0.1, 0.15) is 0 Å². The molecule has 1 heterocycles. The summed E-state index contributed by atoms with van der Waals surface area (Å²) in [7, 11) is 2.10. The van der Waals surface area contributed by atoms with Gasteiger partial charge in [-0.2, -0.15) is 5.26 Å². The van der Waals surface area contributed by atoms with Gasteiger partial charge in [-0.1, -0.05) is 0 Å². The Bertz CT molecular complexity index is 179. The molecule has 1 N–H and O–H groups in total. The van der Waals surface area contributed by atoms with Gasteiger partial charge in [-0.05, 0) is 33.4 Å². The van der Waals surface area contributed by atoms with Crippen molar-refractivity contribution in [2.75, 3.05) is 20.1 Å². The van der Waals surface area contributed by atoms with Gasteiger partial charge in [-0.25, -0.2) is 0 Å². The Morgan fingerprint density at radius 1 is 1.69 bits per heavy atom. The first-order valence-electron chi connectivity index (χ1n) is 5.04. The van der Waals surface area contributed by atoms with Gasteiger partial charge in [0.15, 0.2) is 0 Å². The molecule has 0 bridgehead atoms. The van der Waals surface area contributed by atoms with Crippen LogP contribution in [0.15, 0.2) is 0 Å². The molecule has 74 valence electrons. The Morgan fingerprint density at radius 2 is 2.46 bits per heavy atom. The number of hydrogen-bond donors (Lipinski definition) is 1. The average Bonchev–Trinajstić information content (AvgIpc) is 2.57. The number of nitrogens with zero attached hydrogens (tertiary/aromatic N) is 2. The second-order valence-corrected chi connectivity index (χ2v) is 3.94. The van der Waals surface area contributed by atoms with E-state index in [2.05, 4.69) is 30.3 Å². The molecule has 13 heavy (non-hydrogen) atoms. The van der Waals surface area contributed by atoms with E-state index < -0.39 is 0 Å².